The Morgan fingerprint density at radius 2 is 0.825 bits per heavy atom. The first kappa shape index (κ1) is 34.0. The van der Waals surface area contributed by atoms with E-state index >= 15 is 0 Å². The summed E-state index contributed by atoms with van der Waals surface area (Å²) in [6.45, 7) is 4.26. The van der Waals surface area contributed by atoms with E-state index in [1.807, 2.05) is 79.1 Å². The lowest BCUT2D eigenvalue weighted by Crippen LogP contribution is -2.04. The largest absolute Gasteiger partial charge is 0.308 e. The minimum Gasteiger partial charge on any atom is -0.308 e. The number of aryl methyl sites for hydroxylation is 2. The second-order valence-electron chi connectivity index (χ2n) is 14.5. The number of fused-ring (bicyclic) bond motifs is 3. The Labute approximate surface area is 331 Å². The molecule has 57 heavy (non-hydrogen) atoms. The fourth-order valence-corrected chi connectivity index (χ4v) is 7.68. The number of hydrogen-bond acceptors (Lipinski definition) is 4. The molecule has 0 aliphatic rings. The molecule has 270 valence electrons. The van der Waals surface area contributed by atoms with Gasteiger partial charge in [-0.25, -0.2) is 15.0 Å². The molecule has 10 aromatic rings. The Morgan fingerprint density at radius 3 is 1.33 bits per heavy atom. The summed E-state index contributed by atoms with van der Waals surface area (Å²) >= 11 is 0. The van der Waals surface area contributed by atoms with E-state index in [9.17, 15) is 0 Å². The molecule has 10 rings (SSSR count). The van der Waals surface area contributed by atoms with Crippen LogP contribution in [0.5, 0.6) is 0 Å². The van der Waals surface area contributed by atoms with Gasteiger partial charge in [-0.1, -0.05) is 145 Å². The van der Waals surface area contributed by atoms with Crippen molar-refractivity contribution in [3.05, 3.63) is 199 Å². The average Bonchev–Trinajstić information content (AvgIpc) is 3.60. The Hall–Kier alpha value is -7.50. The molecule has 3 aromatic heterocycles. The molecule has 0 saturated carbocycles. The number of nitrogens with zero attached hydrogens (tertiary/aromatic N) is 5. The number of benzene rings is 7. The third-order valence-corrected chi connectivity index (χ3v) is 10.7. The smallest absolute Gasteiger partial charge is 0.166 e. The lowest BCUT2D eigenvalue weighted by molar-refractivity contribution is 1.06. The molecule has 0 fully saturated rings. The number of pyridine rings is 1. The molecule has 0 spiro atoms. The van der Waals surface area contributed by atoms with Crippen molar-refractivity contribution in [3.63, 3.8) is 0 Å². The van der Waals surface area contributed by atoms with Crippen molar-refractivity contribution in [3.8, 4) is 73.2 Å². The highest BCUT2D eigenvalue weighted by Gasteiger charge is 2.21. The summed E-state index contributed by atoms with van der Waals surface area (Å²) in [7, 11) is 0. The number of hydrogen-bond donors (Lipinski definition) is 0. The van der Waals surface area contributed by atoms with Gasteiger partial charge in [0.15, 0.2) is 17.5 Å². The first-order valence-corrected chi connectivity index (χ1v) is 19.2. The highest BCUT2D eigenvalue weighted by molar-refractivity contribution is 6.12. The third-order valence-electron chi connectivity index (χ3n) is 10.7. The summed E-state index contributed by atoms with van der Waals surface area (Å²) in [4.78, 5) is 19.9. The van der Waals surface area contributed by atoms with Crippen molar-refractivity contribution < 1.29 is 0 Å². The molecule has 0 saturated heterocycles. The molecular weight excluding hydrogens is 695 g/mol. The lowest BCUT2D eigenvalue weighted by Gasteiger charge is -2.16. The Balaban J connectivity index is 1.27. The van der Waals surface area contributed by atoms with Crippen molar-refractivity contribution in [2.45, 2.75) is 13.8 Å². The van der Waals surface area contributed by atoms with Gasteiger partial charge in [0.25, 0.3) is 0 Å². The van der Waals surface area contributed by atoms with Gasteiger partial charge < -0.3 is 4.57 Å². The second kappa shape index (κ2) is 14.3. The fraction of sp³-hybridized carbons (Fsp3) is 0.0385. The van der Waals surface area contributed by atoms with E-state index in [-0.39, 0.29) is 0 Å². The van der Waals surface area contributed by atoms with E-state index in [0.29, 0.717) is 17.5 Å². The minimum absolute atomic E-state index is 0.595. The molecule has 7 aromatic carbocycles. The quantitative estimate of drug-likeness (QED) is 0.164. The van der Waals surface area contributed by atoms with E-state index in [1.54, 1.807) is 0 Å². The zero-order chi connectivity index (χ0) is 38.3. The van der Waals surface area contributed by atoms with Crippen molar-refractivity contribution in [2.75, 3.05) is 0 Å². The van der Waals surface area contributed by atoms with E-state index in [2.05, 4.69) is 133 Å². The van der Waals surface area contributed by atoms with Crippen LogP contribution in [0.4, 0.5) is 0 Å². The van der Waals surface area contributed by atoms with Gasteiger partial charge in [-0.3, -0.25) is 4.98 Å². The van der Waals surface area contributed by atoms with Crippen LogP contribution < -0.4 is 0 Å². The summed E-state index contributed by atoms with van der Waals surface area (Å²) in [5, 5.41) is 2.33. The maximum absolute atomic E-state index is 5.21. The molecule has 5 nitrogen and oxygen atoms in total. The first-order valence-electron chi connectivity index (χ1n) is 19.2. The van der Waals surface area contributed by atoms with E-state index in [0.717, 1.165) is 44.5 Å². The van der Waals surface area contributed by atoms with Crippen molar-refractivity contribution in [1.82, 2.24) is 24.5 Å². The molecule has 0 atom stereocenters. The highest BCUT2D eigenvalue weighted by Crippen LogP contribution is 2.41. The molecule has 0 aliphatic carbocycles. The Bertz CT molecular complexity index is 2880. The predicted molar refractivity (Wildman–Crippen MR) is 234 cm³/mol. The van der Waals surface area contributed by atoms with Crippen LogP contribution in [-0.2, 0) is 0 Å². The predicted octanol–water partition coefficient (Wildman–Crippen LogP) is 13.0. The lowest BCUT2D eigenvalue weighted by atomic mass is 9.99. The fourth-order valence-electron chi connectivity index (χ4n) is 7.68. The van der Waals surface area contributed by atoms with Crippen molar-refractivity contribution in [1.29, 1.82) is 0 Å². The Morgan fingerprint density at radius 1 is 0.368 bits per heavy atom. The van der Waals surface area contributed by atoms with Crippen LogP contribution in [0, 0.1) is 13.8 Å². The maximum Gasteiger partial charge on any atom is 0.166 e. The average molecular weight is 732 g/mol. The van der Waals surface area contributed by atoms with Crippen LogP contribution in [0.15, 0.2) is 188 Å². The molecular formula is C52H37N5. The van der Waals surface area contributed by atoms with Gasteiger partial charge in [0.05, 0.1) is 16.7 Å². The standard InChI is InChI=1S/C52H37N5/c1-34-15-19-36(20-16-34)40-24-27-47-45(30-40)46-31-41(37-21-17-35(2)18-22-37)25-28-48(46)57(47)49-32-42(43-14-9-29-53-33-43)23-26-44(49)52-55-50(38-10-5-3-6-11-38)54-51(56-52)39-12-7-4-8-13-39/h3-33H,1-2H3. The summed E-state index contributed by atoms with van der Waals surface area (Å²) in [6.07, 6.45) is 3.72. The van der Waals surface area contributed by atoms with Crippen LogP contribution in [0.3, 0.4) is 0 Å². The first-order chi connectivity index (χ1) is 28.1. The topological polar surface area (TPSA) is 56.5 Å². The molecule has 0 N–H and O–H groups in total. The molecule has 0 unspecified atom stereocenters. The monoisotopic (exact) mass is 731 g/mol. The highest BCUT2D eigenvalue weighted by atomic mass is 15.1. The molecule has 3 heterocycles. The zero-order valence-corrected chi connectivity index (χ0v) is 31.6. The van der Waals surface area contributed by atoms with E-state index < -0.39 is 0 Å². The van der Waals surface area contributed by atoms with Gasteiger partial charge in [-0.05, 0) is 84.1 Å². The molecule has 0 radical (unpaired) electrons. The van der Waals surface area contributed by atoms with Gasteiger partial charge in [0.1, 0.15) is 0 Å². The minimum atomic E-state index is 0.595. The zero-order valence-electron chi connectivity index (χ0n) is 31.6. The van der Waals surface area contributed by atoms with Gasteiger partial charge in [-0.2, -0.15) is 0 Å². The van der Waals surface area contributed by atoms with Gasteiger partial charge in [-0.15, -0.1) is 0 Å². The van der Waals surface area contributed by atoms with Crippen LogP contribution in [0.25, 0.3) is 95.0 Å². The third kappa shape index (κ3) is 6.45. The van der Waals surface area contributed by atoms with Crippen molar-refractivity contribution >= 4 is 21.8 Å². The second-order valence-corrected chi connectivity index (χ2v) is 14.5. The number of aromatic nitrogens is 5. The SMILES string of the molecule is Cc1ccc(-c2ccc3c(c2)c2cc(-c4ccc(C)cc4)ccc2n3-c2cc(-c3cccnc3)ccc2-c2nc(-c3ccccc3)nc(-c3ccccc3)n2)cc1. The summed E-state index contributed by atoms with van der Waals surface area (Å²) in [6, 6.07) is 62.1. The molecule has 0 amide bonds. The number of rotatable bonds is 7. The van der Waals surface area contributed by atoms with Crippen LogP contribution in [0.2, 0.25) is 0 Å². The van der Waals surface area contributed by atoms with Crippen LogP contribution in [0.1, 0.15) is 11.1 Å². The summed E-state index contributed by atoms with van der Waals surface area (Å²) in [5.74, 6) is 1.84. The molecule has 5 heteroatoms. The maximum atomic E-state index is 5.21. The summed E-state index contributed by atoms with van der Waals surface area (Å²) < 4.78 is 2.38. The molecule has 0 aliphatic heterocycles. The van der Waals surface area contributed by atoms with Gasteiger partial charge >= 0.3 is 0 Å². The van der Waals surface area contributed by atoms with Crippen molar-refractivity contribution in [2.24, 2.45) is 0 Å². The van der Waals surface area contributed by atoms with Crippen LogP contribution >= 0.6 is 0 Å². The van der Waals surface area contributed by atoms with E-state index in [4.69, 9.17) is 15.0 Å². The normalized spacial score (nSPS) is 11.3. The van der Waals surface area contributed by atoms with E-state index in [1.165, 1.54) is 44.2 Å². The van der Waals surface area contributed by atoms with Crippen LogP contribution in [-0.4, -0.2) is 24.5 Å². The van der Waals surface area contributed by atoms with Gasteiger partial charge in [0.2, 0.25) is 0 Å². The molecule has 0 bridgehead atoms. The Kier molecular flexibility index (Phi) is 8.53. The van der Waals surface area contributed by atoms with Gasteiger partial charge in [0, 0.05) is 45.4 Å². The summed E-state index contributed by atoms with van der Waals surface area (Å²) in [5.41, 5.74) is 15.2.